The monoisotopic (exact) mass is 303 g/mol. The summed E-state index contributed by atoms with van der Waals surface area (Å²) in [5, 5.41) is 5.61. The maximum absolute atomic E-state index is 12.1. The van der Waals surface area contributed by atoms with Crippen LogP contribution >= 0.6 is 0 Å². The van der Waals surface area contributed by atoms with Gasteiger partial charge in [0.1, 0.15) is 0 Å². The molecule has 22 heavy (non-hydrogen) atoms. The molecule has 0 heterocycles. The fourth-order valence-electron chi connectivity index (χ4n) is 2.83. The number of nitrogens with one attached hydrogen (secondary N) is 2. The molecule has 0 aromatic heterocycles. The average molecular weight is 303 g/mol. The predicted octanol–water partition coefficient (Wildman–Crippen LogP) is 1.14. The molecule has 3 atom stereocenters. The highest BCUT2D eigenvalue weighted by Crippen LogP contribution is 2.35. The molecule has 0 spiro atoms. The number of nitrogens with two attached hydrogens (primary N) is 1. The van der Waals surface area contributed by atoms with E-state index >= 15 is 0 Å². The summed E-state index contributed by atoms with van der Waals surface area (Å²) in [4.78, 5) is 23.9. The van der Waals surface area contributed by atoms with E-state index in [0.29, 0.717) is 5.92 Å². The molecule has 2 amide bonds. The van der Waals surface area contributed by atoms with Gasteiger partial charge in [0, 0.05) is 0 Å². The van der Waals surface area contributed by atoms with Crippen LogP contribution in [0, 0.1) is 11.8 Å². The number of fused-ring (bicyclic) bond motifs is 1. The molecule has 1 aromatic carbocycles. The molecule has 2 rings (SSSR count). The first-order valence-electron chi connectivity index (χ1n) is 7.80. The standard InChI is InChI=1S/C17H25N3O2/c1-10(2)15(18)17(22)19-9-14(21)20-16-11(3)8-12-6-4-5-7-13(12)16/h4-7,10-11,15-16H,8-9,18H2,1-3H3,(H,19,22)(H,20,21)/t11?,15-,16?/m0/s1. The van der Waals surface area contributed by atoms with Crippen molar-refractivity contribution < 1.29 is 9.59 Å². The Kier molecular flexibility index (Phi) is 5.19. The maximum Gasteiger partial charge on any atom is 0.239 e. The quantitative estimate of drug-likeness (QED) is 0.762. The summed E-state index contributed by atoms with van der Waals surface area (Å²) in [7, 11) is 0. The number of carbonyl (C=O) groups excluding carboxylic acids is 2. The Morgan fingerprint density at radius 2 is 2.00 bits per heavy atom. The van der Waals surface area contributed by atoms with E-state index in [1.165, 1.54) is 11.1 Å². The second-order valence-corrected chi connectivity index (χ2v) is 6.41. The van der Waals surface area contributed by atoms with E-state index in [0.717, 1.165) is 6.42 Å². The second-order valence-electron chi connectivity index (χ2n) is 6.41. The fraction of sp³-hybridized carbons (Fsp3) is 0.529. The Morgan fingerprint density at radius 1 is 1.32 bits per heavy atom. The van der Waals surface area contributed by atoms with Crippen LogP contribution in [0.3, 0.4) is 0 Å². The summed E-state index contributed by atoms with van der Waals surface area (Å²) in [6.45, 7) is 5.84. The molecule has 0 saturated heterocycles. The van der Waals surface area contributed by atoms with Gasteiger partial charge in [0.2, 0.25) is 11.8 Å². The zero-order valence-electron chi connectivity index (χ0n) is 13.4. The van der Waals surface area contributed by atoms with Crippen LogP contribution in [0.4, 0.5) is 0 Å². The fourth-order valence-corrected chi connectivity index (χ4v) is 2.83. The smallest absolute Gasteiger partial charge is 0.239 e. The minimum Gasteiger partial charge on any atom is -0.347 e. The molecule has 1 aliphatic carbocycles. The van der Waals surface area contributed by atoms with Gasteiger partial charge in [-0.3, -0.25) is 9.59 Å². The first kappa shape index (κ1) is 16.5. The molecular weight excluding hydrogens is 278 g/mol. The lowest BCUT2D eigenvalue weighted by molar-refractivity contribution is -0.127. The van der Waals surface area contributed by atoms with Crippen molar-refractivity contribution in [1.29, 1.82) is 0 Å². The molecule has 0 saturated carbocycles. The normalized spacial score (nSPS) is 21.3. The van der Waals surface area contributed by atoms with Gasteiger partial charge in [0.25, 0.3) is 0 Å². The minimum absolute atomic E-state index is 0.0133. The molecule has 0 fully saturated rings. The van der Waals surface area contributed by atoms with Crippen molar-refractivity contribution in [3.05, 3.63) is 35.4 Å². The lowest BCUT2D eigenvalue weighted by Gasteiger charge is -2.20. The molecule has 1 aliphatic rings. The lowest BCUT2D eigenvalue weighted by atomic mass is 10.0. The van der Waals surface area contributed by atoms with Crippen molar-refractivity contribution in [2.24, 2.45) is 17.6 Å². The van der Waals surface area contributed by atoms with E-state index < -0.39 is 6.04 Å². The zero-order chi connectivity index (χ0) is 16.3. The van der Waals surface area contributed by atoms with Crippen LogP contribution in [0.2, 0.25) is 0 Å². The first-order chi connectivity index (χ1) is 10.4. The van der Waals surface area contributed by atoms with Crippen LogP contribution in [0.5, 0.6) is 0 Å². The summed E-state index contributed by atoms with van der Waals surface area (Å²) >= 11 is 0. The van der Waals surface area contributed by atoms with Crippen molar-refractivity contribution in [2.75, 3.05) is 6.54 Å². The number of benzene rings is 1. The van der Waals surface area contributed by atoms with Crippen LogP contribution in [-0.2, 0) is 16.0 Å². The Hall–Kier alpha value is -1.88. The molecule has 0 radical (unpaired) electrons. The van der Waals surface area contributed by atoms with Gasteiger partial charge in [-0.15, -0.1) is 0 Å². The molecule has 120 valence electrons. The minimum atomic E-state index is -0.584. The highest BCUT2D eigenvalue weighted by molar-refractivity contribution is 5.87. The maximum atomic E-state index is 12.1. The van der Waals surface area contributed by atoms with Crippen molar-refractivity contribution in [3.63, 3.8) is 0 Å². The first-order valence-corrected chi connectivity index (χ1v) is 7.80. The highest BCUT2D eigenvalue weighted by Gasteiger charge is 2.30. The molecule has 5 nitrogen and oxygen atoms in total. The lowest BCUT2D eigenvalue weighted by Crippen LogP contribution is -2.47. The zero-order valence-corrected chi connectivity index (χ0v) is 13.4. The summed E-state index contributed by atoms with van der Waals surface area (Å²) in [5.41, 5.74) is 8.21. The average Bonchev–Trinajstić information content (AvgIpc) is 2.80. The Labute approximate surface area is 131 Å². The van der Waals surface area contributed by atoms with Crippen molar-refractivity contribution >= 4 is 11.8 Å². The molecule has 4 N–H and O–H groups in total. The highest BCUT2D eigenvalue weighted by atomic mass is 16.2. The second kappa shape index (κ2) is 6.92. The largest absolute Gasteiger partial charge is 0.347 e. The Morgan fingerprint density at radius 3 is 2.68 bits per heavy atom. The van der Waals surface area contributed by atoms with Crippen LogP contribution in [-0.4, -0.2) is 24.4 Å². The number of hydrogen-bond donors (Lipinski definition) is 3. The number of hydrogen-bond acceptors (Lipinski definition) is 3. The van der Waals surface area contributed by atoms with E-state index in [4.69, 9.17) is 5.73 Å². The van der Waals surface area contributed by atoms with Gasteiger partial charge in [-0.05, 0) is 29.4 Å². The van der Waals surface area contributed by atoms with E-state index in [2.05, 4.69) is 29.7 Å². The van der Waals surface area contributed by atoms with E-state index in [9.17, 15) is 9.59 Å². The van der Waals surface area contributed by atoms with Crippen LogP contribution in [0.15, 0.2) is 24.3 Å². The van der Waals surface area contributed by atoms with Gasteiger partial charge in [-0.25, -0.2) is 0 Å². The molecule has 0 aliphatic heterocycles. The van der Waals surface area contributed by atoms with Gasteiger partial charge in [-0.2, -0.15) is 0 Å². The van der Waals surface area contributed by atoms with Crippen molar-refractivity contribution in [2.45, 2.75) is 39.3 Å². The Balaban J connectivity index is 1.89. The molecule has 5 heteroatoms. The summed E-state index contributed by atoms with van der Waals surface area (Å²) in [6.07, 6.45) is 0.964. The van der Waals surface area contributed by atoms with Crippen LogP contribution in [0.1, 0.15) is 37.9 Å². The molecule has 1 aromatic rings. The van der Waals surface area contributed by atoms with Crippen LogP contribution < -0.4 is 16.4 Å². The van der Waals surface area contributed by atoms with Gasteiger partial charge < -0.3 is 16.4 Å². The van der Waals surface area contributed by atoms with Gasteiger partial charge in [-0.1, -0.05) is 45.0 Å². The van der Waals surface area contributed by atoms with E-state index in [1.807, 2.05) is 26.0 Å². The van der Waals surface area contributed by atoms with Crippen LogP contribution in [0.25, 0.3) is 0 Å². The topological polar surface area (TPSA) is 84.2 Å². The number of carbonyl (C=O) groups is 2. The third kappa shape index (κ3) is 3.65. The summed E-state index contributed by atoms with van der Waals surface area (Å²) < 4.78 is 0. The third-order valence-corrected chi connectivity index (χ3v) is 4.26. The van der Waals surface area contributed by atoms with Gasteiger partial charge in [0.15, 0.2) is 0 Å². The predicted molar refractivity (Wildman–Crippen MR) is 86.0 cm³/mol. The number of rotatable bonds is 5. The molecule has 0 bridgehead atoms. The van der Waals surface area contributed by atoms with Crippen molar-refractivity contribution in [1.82, 2.24) is 10.6 Å². The SMILES string of the molecule is CC1Cc2ccccc2C1NC(=O)CNC(=O)[C@@H](N)C(C)C. The van der Waals surface area contributed by atoms with Gasteiger partial charge in [0.05, 0.1) is 18.6 Å². The third-order valence-electron chi connectivity index (χ3n) is 4.26. The van der Waals surface area contributed by atoms with E-state index in [1.54, 1.807) is 0 Å². The summed E-state index contributed by atoms with van der Waals surface area (Å²) in [6, 6.07) is 7.58. The molecular formula is C17H25N3O2. The Bertz CT molecular complexity index is 557. The summed E-state index contributed by atoms with van der Waals surface area (Å²) in [5.74, 6) is -0.0670. The van der Waals surface area contributed by atoms with Gasteiger partial charge >= 0.3 is 0 Å². The van der Waals surface area contributed by atoms with Crippen molar-refractivity contribution in [3.8, 4) is 0 Å². The van der Waals surface area contributed by atoms with E-state index in [-0.39, 0.29) is 30.3 Å². The molecule has 2 unspecified atom stereocenters. The number of amides is 2.